The molecule has 0 aliphatic carbocycles. The molecule has 1 saturated heterocycles. The molecule has 0 spiro atoms. The van der Waals surface area contributed by atoms with E-state index in [9.17, 15) is 4.79 Å². The van der Waals surface area contributed by atoms with Crippen LogP contribution in [0.2, 0.25) is 0 Å². The van der Waals surface area contributed by atoms with Crippen LogP contribution in [0.5, 0.6) is 0 Å². The fraction of sp³-hybridized carbons (Fsp3) is 0.429. The average Bonchev–Trinajstić information content (AvgIpc) is 3.17. The van der Waals surface area contributed by atoms with Crippen LogP contribution in [-0.2, 0) is 0 Å². The lowest BCUT2D eigenvalue weighted by Gasteiger charge is -2.23. The first kappa shape index (κ1) is 14.1. The van der Waals surface area contributed by atoms with E-state index < -0.39 is 0 Å². The molecule has 0 saturated carbocycles. The van der Waals surface area contributed by atoms with E-state index in [1.54, 1.807) is 24.7 Å². The molecule has 2 aromatic heterocycles. The number of thiazole rings is 1. The zero-order chi connectivity index (χ0) is 14.7. The van der Waals surface area contributed by atoms with E-state index in [-0.39, 0.29) is 11.9 Å². The maximum Gasteiger partial charge on any atom is 0.265 e. The minimum absolute atomic E-state index is 0.0624. The molecule has 2 aromatic rings. The van der Waals surface area contributed by atoms with Gasteiger partial charge in [-0.1, -0.05) is 0 Å². The monoisotopic (exact) mass is 303 g/mol. The van der Waals surface area contributed by atoms with E-state index in [0.29, 0.717) is 15.7 Å². The molecule has 1 aliphatic heterocycles. The van der Waals surface area contributed by atoms with Gasteiger partial charge in [0.05, 0.1) is 6.20 Å². The second-order valence-electron chi connectivity index (χ2n) is 4.95. The van der Waals surface area contributed by atoms with E-state index in [4.69, 9.17) is 0 Å². The molecule has 6 nitrogen and oxygen atoms in total. The van der Waals surface area contributed by atoms with Crippen molar-refractivity contribution >= 4 is 17.2 Å². The Balaban J connectivity index is 1.78. The van der Waals surface area contributed by atoms with Gasteiger partial charge in [-0.2, -0.15) is 0 Å². The maximum atomic E-state index is 12.6. The molecule has 1 atom stereocenters. The Kier molecular flexibility index (Phi) is 4.21. The normalized spacial score (nSPS) is 18.1. The summed E-state index contributed by atoms with van der Waals surface area (Å²) in [5.41, 5.74) is 0. The zero-order valence-corrected chi connectivity index (χ0v) is 12.6. The smallest absolute Gasteiger partial charge is 0.265 e. The molecule has 0 aromatic carbocycles. The Labute approximate surface area is 127 Å². The van der Waals surface area contributed by atoms with Crippen LogP contribution in [0.4, 0.5) is 0 Å². The molecule has 0 bridgehead atoms. The molecule has 3 heterocycles. The molecular weight excluding hydrogens is 286 g/mol. The molecule has 1 unspecified atom stereocenters. The molecule has 1 fully saturated rings. The minimum Gasteiger partial charge on any atom is -0.334 e. The summed E-state index contributed by atoms with van der Waals surface area (Å²) in [6.45, 7) is 1.65. The van der Waals surface area contributed by atoms with Crippen LogP contribution in [0.1, 0.15) is 22.5 Å². The van der Waals surface area contributed by atoms with Gasteiger partial charge < -0.3 is 10.2 Å². The Hall–Kier alpha value is -1.86. The Morgan fingerprint density at radius 2 is 2.24 bits per heavy atom. The second kappa shape index (κ2) is 6.28. The third-order valence-electron chi connectivity index (χ3n) is 3.55. The van der Waals surface area contributed by atoms with Crippen LogP contribution >= 0.6 is 11.3 Å². The Morgan fingerprint density at radius 1 is 1.43 bits per heavy atom. The highest BCUT2D eigenvalue weighted by atomic mass is 32.1. The van der Waals surface area contributed by atoms with Gasteiger partial charge in [0, 0.05) is 31.5 Å². The number of amides is 1. The highest BCUT2D eigenvalue weighted by Gasteiger charge is 2.30. The summed E-state index contributed by atoms with van der Waals surface area (Å²) in [7, 11) is 1.92. The summed E-state index contributed by atoms with van der Waals surface area (Å²) in [6.07, 6.45) is 7.10. The molecule has 110 valence electrons. The molecule has 21 heavy (non-hydrogen) atoms. The van der Waals surface area contributed by atoms with Crippen molar-refractivity contribution in [1.29, 1.82) is 0 Å². The van der Waals surface area contributed by atoms with E-state index in [1.807, 2.05) is 11.9 Å². The highest BCUT2D eigenvalue weighted by molar-refractivity contribution is 7.16. The largest absolute Gasteiger partial charge is 0.334 e. The lowest BCUT2D eigenvalue weighted by atomic mass is 10.2. The third kappa shape index (κ3) is 2.93. The number of nitrogens with zero attached hydrogens (tertiary/aromatic N) is 4. The van der Waals surface area contributed by atoms with Crippen molar-refractivity contribution < 1.29 is 4.79 Å². The fourth-order valence-corrected chi connectivity index (χ4v) is 3.40. The van der Waals surface area contributed by atoms with Crippen molar-refractivity contribution in [3.8, 4) is 10.8 Å². The van der Waals surface area contributed by atoms with Gasteiger partial charge in [0.25, 0.3) is 5.91 Å². The fourth-order valence-electron chi connectivity index (χ4n) is 2.58. The van der Waals surface area contributed by atoms with Gasteiger partial charge in [0.1, 0.15) is 4.88 Å². The van der Waals surface area contributed by atoms with Crippen LogP contribution in [0, 0.1) is 0 Å². The van der Waals surface area contributed by atoms with Crippen LogP contribution < -0.4 is 5.32 Å². The Morgan fingerprint density at radius 3 is 3.00 bits per heavy atom. The first-order valence-corrected chi connectivity index (χ1v) is 7.80. The summed E-state index contributed by atoms with van der Waals surface area (Å²) < 4.78 is 0. The van der Waals surface area contributed by atoms with Gasteiger partial charge in [-0.15, -0.1) is 11.3 Å². The molecule has 1 amide bonds. The number of likely N-dealkylation sites (N-methyl/N-ethyl adjacent to an activating group) is 1. The van der Waals surface area contributed by atoms with E-state index >= 15 is 0 Å². The van der Waals surface area contributed by atoms with Crippen molar-refractivity contribution in [1.82, 2.24) is 25.2 Å². The van der Waals surface area contributed by atoms with E-state index in [1.165, 1.54) is 11.3 Å². The van der Waals surface area contributed by atoms with Crippen LogP contribution in [0.25, 0.3) is 10.8 Å². The molecular formula is C14H17N5OS. The topological polar surface area (TPSA) is 71.0 Å². The van der Waals surface area contributed by atoms with Crippen LogP contribution in [0.15, 0.2) is 24.7 Å². The summed E-state index contributed by atoms with van der Waals surface area (Å²) in [6, 6.07) is 2.04. The standard InChI is InChI=1S/C14H17N5OS/c1-15-8-10-4-2-7-19(10)14(20)11-9-18-13(21-11)12-16-5-3-6-17-12/h3,5-6,9-10,15H,2,4,7-8H2,1H3. The maximum absolute atomic E-state index is 12.6. The number of rotatable bonds is 4. The van der Waals surface area contributed by atoms with E-state index in [0.717, 1.165) is 25.9 Å². The van der Waals surface area contributed by atoms with Gasteiger partial charge in [-0.3, -0.25) is 4.79 Å². The predicted octanol–water partition coefficient (Wildman–Crippen LogP) is 1.42. The summed E-state index contributed by atoms with van der Waals surface area (Å²) >= 11 is 1.35. The van der Waals surface area contributed by atoms with Gasteiger partial charge in [-0.05, 0) is 26.0 Å². The third-order valence-corrected chi connectivity index (χ3v) is 4.53. The summed E-state index contributed by atoms with van der Waals surface area (Å²) in [4.78, 5) is 27.8. The van der Waals surface area contributed by atoms with Crippen molar-refractivity contribution in [3.05, 3.63) is 29.5 Å². The van der Waals surface area contributed by atoms with E-state index in [2.05, 4.69) is 20.3 Å². The van der Waals surface area contributed by atoms with Crippen molar-refractivity contribution in [2.45, 2.75) is 18.9 Å². The molecule has 0 radical (unpaired) electrons. The highest BCUT2D eigenvalue weighted by Crippen LogP contribution is 2.26. The molecule has 7 heteroatoms. The SMILES string of the molecule is CNCC1CCCN1C(=O)c1cnc(-c2ncccn2)s1. The Bertz CT molecular complexity index is 615. The summed E-state index contributed by atoms with van der Waals surface area (Å²) in [5.74, 6) is 0.627. The summed E-state index contributed by atoms with van der Waals surface area (Å²) in [5, 5.41) is 3.83. The number of aromatic nitrogens is 3. The predicted molar refractivity (Wildman–Crippen MR) is 81.1 cm³/mol. The van der Waals surface area contributed by atoms with Gasteiger partial charge in [0.15, 0.2) is 10.8 Å². The second-order valence-corrected chi connectivity index (χ2v) is 5.98. The number of hydrogen-bond acceptors (Lipinski definition) is 6. The van der Waals surface area contributed by atoms with Gasteiger partial charge >= 0.3 is 0 Å². The van der Waals surface area contributed by atoms with Crippen LogP contribution in [-0.4, -0.2) is 51.9 Å². The van der Waals surface area contributed by atoms with Crippen molar-refractivity contribution in [3.63, 3.8) is 0 Å². The quantitative estimate of drug-likeness (QED) is 0.925. The number of likely N-dealkylation sites (tertiary alicyclic amines) is 1. The number of carbonyl (C=O) groups excluding carboxylic acids is 1. The van der Waals surface area contributed by atoms with Gasteiger partial charge in [-0.25, -0.2) is 15.0 Å². The molecule has 1 N–H and O–H groups in total. The van der Waals surface area contributed by atoms with Crippen molar-refractivity contribution in [2.24, 2.45) is 0 Å². The lowest BCUT2D eigenvalue weighted by molar-refractivity contribution is 0.0741. The molecule has 1 aliphatic rings. The first-order chi connectivity index (χ1) is 10.3. The van der Waals surface area contributed by atoms with Gasteiger partial charge in [0.2, 0.25) is 0 Å². The first-order valence-electron chi connectivity index (χ1n) is 6.98. The minimum atomic E-state index is 0.0624. The number of nitrogens with one attached hydrogen (secondary N) is 1. The number of carbonyl (C=O) groups is 1. The van der Waals surface area contributed by atoms with Crippen LogP contribution in [0.3, 0.4) is 0 Å². The molecule has 3 rings (SSSR count). The average molecular weight is 303 g/mol. The number of hydrogen-bond donors (Lipinski definition) is 1. The lowest BCUT2D eigenvalue weighted by Crippen LogP contribution is -2.40. The van der Waals surface area contributed by atoms with Crippen molar-refractivity contribution in [2.75, 3.05) is 20.1 Å². The zero-order valence-electron chi connectivity index (χ0n) is 11.8.